The first-order chi connectivity index (χ1) is 17.9. The Kier molecular flexibility index (Phi) is 15.6. The SMILES string of the molecule is CC(=O)O[C@@H]([C@H](O)CON(N(C(C)C)C(C)C)P(O)OCCC#N)[C@H](OC(C)=O)[C@](O)(C(C)=O)C(=O)C(C)=O. The fraction of sp³-hybridized carbons (Fsp3) is 0.739. The van der Waals surface area contributed by atoms with E-state index < -0.39 is 68.3 Å². The molecule has 0 aliphatic heterocycles. The second-order valence-electron chi connectivity index (χ2n) is 8.99. The van der Waals surface area contributed by atoms with Gasteiger partial charge in [-0.05, 0) is 39.6 Å². The molecule has 0 aromatic heterocycles. The molecule has 0 spiro atoms. The van der Waals surface area contributed by atoms with Crippen molar-refractivity contribution in [1.82, 2.24) is 9.95 Å². The Bertz CT molecular complexity index is 917. The van der Waals surface area contributed by atoms with Gasteiger partial charge in [0.15, 0.2) is 23.8 Å². The summed E-state index contributed by atoms with van der Waals surface area (Å²) in [5.41, 5.74) is -3.32. The van der Waals surface area contributed by atoms with E-state index in [-0.39, 0.29) is 25.1 Å². The molecule has 0 saturated carbocycles. The highest BCUT2D eigenvalue weighted by Gasteiger charge is 2.57. The summed E-state index contributed by atoms with van der Waals surface area (Å²) in [6.07, 6.45) is -6.49. The number of nitriles is 1. The molecular formula is C23H38N3O12P. The maximum Gasteiger partial charge on any atom is 0.303 e. The molecule has 0 aromatic rings. The summed E-state index contributed by atoms with van der Waals surface area (Å²) >= 11 is 0. The van der Waals surface area contributed by atoms with Crippen LogP contribution in [0.5, 0.6) is 0 Å². The molecule has 0 aliphatic carbocycles. The highest BCUT2D eigenvalue weighted by molar-refractivity contribution is 7.43. The molecule has 0 rings (SSSR count). The van der Waals surface area contributed by atoms with Crippen LogP contribution in [0.3, 0.4) is 0 Å². The first-order valence-electron chi connectivity index (χ1n) is 11.9. The Balaban J connectivity index is 6.51. The van der Waals surface area contributed by atoms with Gasteiger partial charge in [0, 0.05) is 32.9 Å². The summed E-state index contributed by atoms with van der Waals surface area (Å²) in [5, 5.41) is 32.3. The van der Waals surface area contributed by atoms with E-state index in [9.17, 15) is 39.1 Å². The number of ether oxygens (including phenoxy) is 2. The third-order valence-electron chi connectivity index (χ3n) is 5.07. The summed E-state index contributed by atoms with van der Waals surface area (Å²) < 4.78 is 15.3. The predicted molar refractivity (Wildman–Crippen MR) is 134 cm³/mol. The minimum absolute atomic E-state index is 0.0361. The van der Waals surface area contributed by atoms with Gasteiger partial charge in [-0.2, -0.15) is 5.26 Å². The van der Waals surface area contributed by atoms with Crippen molar-refractivity contribution in [2.45, 2.75) is 97.8 Å². The molecule has 39 heavy (non-hydrogen) atoms. The second-order valence-corrected chi connectivity index (χ2v) is 10.1. The van der Waals surface area contributed by atoms with E-state index in [2.05, 4.69) is 0 Å². The maximum absolute atomic E-state index is 12.6. The van der Waals surface area contributed by atoms with E-state index in [4.69, 9.17) is 24.1 Å². The van der Waals surface area contributed by atoms with Crippen LogP contribution in [0.15, 0.2) is 0 Å². The first-order valence-corrected chi connectivity index (χ1v) is 13.1. The number of hydrogen-bond donors (Lipinski definition) is 3. The summed E-state index contributed by atoms with van der Waals surface area (Å²) in [5.74, 6) is -6.46. The quantitative estimate of drug-likeness (QED) is 0.0491. The van der Waals surface area contributed by atoms with E-state index in [0.29, 0.717) is 0 Å². The fourth-order valence-electron chi connectivity index (χ4n) is 3.52. The molecule has 0 saturated heterocycles. The van der Waals surface area contributed by atoms with E-state index in [0.717, 1.165) is 32.6 Å². The molecule has 0 bridgehead atoms. The highest BCUT2D eigenvalue weighted by Crippen LogP contribution is 2.40. The topological polar surface area (TPSA) is 213 Å². The van der Waals surface area contributed by atoms with Crippen LogP contribution in [-0.4, -0.2) is 104 Å². The average molecular weight is 580 g/mol. The van der Waals surface area contributed by atoms with Crippen molar-refractivity contribution < 1.29 is 57.9 Å². The predicted octanol–water partition coefficient (Wildman–Crippen LogP) is 0.106. The molecule has 0 fully saturated rings. The van der Waals surface area contributed by atoms with Crippen molar-refractivity contribution in [2.75, 3.05) is 13.2 Å². The normalized spacial score (nSPS) is 16.3. The minimum Gasteiger partial charge on any atom is -0.456 e. The van der Waals surface area contributed by atoms with Crippen LogP contribution in [0.2, 0.25) is 0 Å². The lowest BCUT2D eigenvalue weighted by molar-refractivity contribution is -0.267. The monoisotopic (exact) mass is 579 g/mol. The van der Waals surface area contributed by atoms with E-state index in [1.807, 2.05) is 6.07 Å². The number of esters is 2. The Labute approximate surface area is 228 Å². The highest BCUT2D eigenvalue weighted by atomic mass is 31.2. The van der Waals surface area contributed by atoms with E-state index in [1.54, 1.807) is 32.7 Å². The third kappa shape index (κ3) is 10.6. The smallest absolute Gasteiger partial charge is 0.303 e. The molecule has 5 atom stereocenters. The van der Waals surface area contributed by atoms with Crippen LogP contribution in [-0.2, 0) is 42.8 Å². The van der Waals surface area contributed by atoms with Crippen LogP contribution in [0.25, 0.3) is 0 Å². The van der Waals surface area contributed by atoms with Crippen LogP contribution in [0.4, 0.5) is 0 Å². The van der Waals surface area contributed by atoms with Crippen LogP contribution >= 0.6 is 8.53 Å². The molecule has 0 heterocycles. The second kappa shape index (κ2) is 16.6. The number of aliphatic hydroxyl groups is 2. The Morgan fingerprint density at radius 1 is 0.974 bits per heavy atom. The van der Waals surface area contributed by atoms with Crippen LogP contribution < -0.4 is 0 Å². The van der Waals surface area contributed by atoms with Crippen molar-refractivity contribution in [3.63, 3.8) is 0 Å². The Morgan fingerprint density at radius 2 is 1.49 bits per heavy atom. The van der Waals surface area contributed by atoms with Crippen LogP contribution in [0.1, 0.15) is 61.8 Å². The Hall–Kier alpha value is -2.41. The number of rotatable bonds is 18. The van der Waals surface area contributed by atoms with Crippen molar-refractivity contribution in [3.05, 3.63) is 0 Å². The number of ketones is 3. The average Bonchev–Trinajstić information content (AvgIpc) is 2.81. The zero-order valence-electron chi connectivity index (χ0n) is 23.3. The van der Waals surface area contributed by atoms with Crippen molar-refractivity contribution in [2.24, 2.45) is 0 Å². The number of aliphatic hydroxyl groups excluding tert-OH is 1. The van der Waals surface area contributed by atoms with Gasteiger partial charge in [-0.3, -0.25) is 28.8 Å². The molecule has 3 N–H and O–H groups in total. The lowest BCUT2D eigenvalue weighted by atomic mass is 9.81. The summed E-state index contributed by atoms with van der Waals surface area (Å²) in [4.78, 5) is 77.8. The summed E-state index contributed by atoms with van der Waals surface area (Å²) in [6, 6.07) is 1.29. The largest absolute Gasteiger partial charge is 0.456 e. The minimum atomic E-state index is -3.32. The zero-order valence-corrected chi connectivity index (χ0v) is 24.2. The first kappa shape index (κ1) is 36.6. The van der Waals surface area contributed by atoms with Crippen LogP contribution in [0, 0.1) is 11.3 Å². The molecule has 0 radical (unpaired) electrons. The number of carbonyl (C=O) groups excluding carboxylic acids is 5. The van der Waals surface area contributed by atoms with Gasteiger partial charge >= 0.3 is 11.9 Å². The third-order valence-corrected chi connectivity index (χ3v) is 6.10. The van der Waals surface area contributed by atoms with Gasteiger partial charge in [0.05, 0.1) is 19.1 Å². The maximum atomic E-state index is 12.6. The summed E-state index contributed by atoms with van der Waals surface area (Å²) in [7, 11) is -2.53. The van der Waals surface area contributed by atoms with Gasteiger partial charge in [0.2, 0.25) is 11.4 Å². The van der Waals surface area contributed by atoms with E-state index >= 15 is 0 Å². The van der Waals surface area contributed by atoms with Gasteiger partial charge in [-0.25, -0.2) is 5.01 Å². The van der Waals surface area contributed by atoms with Gasteiger partial charge < -0.3 is 29.1 Å². The number of nitrogens with zero attached hydrogens (tertiary/aromatic N) is 3. The molecular weight excluding hydrogens is 541 g/mol. The van der Waals surface area contributed by atoms with Gasteiger partial charge in [0.1, 0.15) is 12.7 Å². The number of hydrazine groups is 1. The Morgan fingerprint density at radius 3 is 1.87 bits per heavy atom. The molecule has 16 heteroatoms. The van der Waals surface area contributed by atoms with Gasteiger partial charge in [0.25, 0.3) is 8.53 Å². The number of carbonyl (C=O) groups is 5. The molecule has 0 aromatic carbocycles. The molecule has 0 aliphatic rings. The van der Waals surface area contributed by atoms with Gasteiger partial charge in [-0.1, -0.05) is 0 Å². The summed E-state index contributed by atoms with van der Waals surface area (Å²) in [6.45, 7) is 9.38. The van der Waals surface area contributed by atoms with Crippen molar-refractivity contribution in [3.8, 4) is 6.07 Å². The fourth-order valence-corrected chi connectivity index (χ4v) is 4.63. The van der Waals surface area contributed by atoms with Gasteiger partial charge in [-0.15, -0.1) is 0 Å². The molecule has 15 nitrogen and oxygen atoms in total. The van der Waals surface area contributed by atoms with Crippen molar-refractivity contribution >= 4 is 37.8 Å². The standard InChI is InChI=1S/C23H38N3O12P/c1-13(2)25(14(3)4)26(39(34)36-11-9-10-24)35-12-19(31)20(37-17(7)29)22(38-18(8)30)23(33,16(6)28)21(32)15(5)27/h13-14,19-20,22,31,33-34H,9,11-12H2,1-8H3/t19-,20+,22+,23+,39?/m1/s1. The number of Topliss-reactive ketones (excluding diaryl/α,β-unsaturated/α-hetero) is 3. The van der Waals surface area contributed by atoms with Crippen molar-refractivity contribution in [1.29, 1.82) is 5.26 Å². The lowest BCUT2D eigenvalue weighted by Crippen LogP contribution is -2.65. The van der Waals surface area contributed by atoms with E-state index in [1.165, 1.54) is 0 Å². The molecule has 222 valence electrons. The molecule has 1 unspecified atom stereocenters. The zero-order chi connectivity index (χ0) is 30.7. The number of hydrogen-bond acceptors (Lipinski definition) is 15. The lowest BCUT2D eigenvalue weighted by Gasteiger charge is -2.41. The molecule has 0 amide bonds.